The molecule has 1 N–H and O–H groups in total. The monoisotopic (exact) mass is 604 g/mol. The molecule has 2 atom stereocenters. The van der Waals surface area contributed by atoms with Gasteiger partial charge in [0.15, 0.2) is 0 Å². The third-order valence-electron chi connectivity index (χ3n) is 7.27. The number of methoxy groups -OCH3 is 2. The van der Waals surface area contributed by atoms with Crippen molar-refractivity contribution in [3.63, 3.8) is 0 Å². The Hall–Kier alpha value is -3.95. The minimum Gasteiger partial charge on any atom is -0.497 e. The number of aromatic nitrogens is 2. The van der Waals surface area contributed by atoms with Crippen LogP contribution in [0.25, 0.3) is 16.9 Å². The molecule has 0 radical (unpaired) electrons. The van der Waals surface area contributed by atoms with E-state index in [0.29, 0.717) is 28.0 Å². The second-order valence-corrected chi connectivity index (χ2v) is 11.5. The number of halogens is 1. The van der Waals surface area contributed by atoms with Gasteiger partial charge in [0.05, 0.1) is 36.6 Å². The summed E-state index contributed by atoms with van der Waals surface area (Å²) >= 11 is 7.75. The third kappa shape index (κ3) is 5.98. The second kappa shape index (κ2) is 12.9. The number of hydrogen-bond acceptors (Lipinski definition) is 6. The van der Waals surface area contributed by atoms with Gasteiger partial charge in [-0.15, -0.1) is 11.8 Å². The number of para-hydroxylation sites is 1. The molecule has 2 amide bonds. The molecule has 5 rings (SSSR count). The van der Waals surface area contributed by atoms with Crippen LogP contribution in [-0.2, 0) is 9.59 Å². The summed E-state index contributed by atoms with van der Waals surface area (Å²) in [7, 11) is 3.25. The Labute approximate surface area is 255 Å². The number of anilines is 1. The molecule has 1 aromatic heterocycles. The van der Waals surface area contributed by atoms with Crippen molar-refractivity contribution in [2.75, 3.05) is 31.4 Å². The van der Waals surface area contributed by atoms with E-state index in [4.69, 9.17) is 26.2 Å². The molecule has 0 fully saturated rings. The first kappa shape index (κ1) is 29.5. The minimum absolute atomic E-state index is 0.0223. The van der Waals surface area contributed by atoms with Gasteiger partial charge in [0, 0.05) is 27.8 Å². The van der Waals surface area contributed by atoms with E-state index in [0.717, 1.165) is 28.8 Å². The lowest BCUT2D eigenvalue weighted by Gasteiger charge is -2.24. The fourth-order valence-corrected chi connectivity index (χ4v) is 6.29. The Bertz CT molecular complexity index is 1570. The molecule has 2 heterocycles. The van der Waals surface area contributed by atoms with Crippen molar-refractivity contribution in [1.29, 1.82) is 0 Å². The van der Waals surface area contributed by atoms with E-state index < -0.39 is 0 Å². The Morgan fingerprint density at radius 1 is 1.07 bits per heavy atom. The van der Waals surface area contributed by atoms with Gasteiger partial charge in [0.2, 0.25) is 11.8 Å². The fourth-order valence-electron chi connectivity index (χ4n) is 4.94. The largest absolute Gasteiger partial charge is 0.497 e. The van der Waals surface area contributed by atoms with Crippen molar-refractivity contribution in [2.45, 2.75) is 31.6 Å². The van der Waals surface area contributed by atoms with Crippen LogP contribution in [0.1, 0.15) is 36.6 Å². The maximum absolute atomic E-state index is 13.9. The first-order valence-corrected chi connectivity index (χ1v) is 15.1. The quantitative estimate of drug-likeness (QED) is 0.242. The summed E-state index contributed by atoms with van der Waals surface area (Å²) in [6, 6.07) is 22.7. The van der Waals surface area contributed by atoms with Crippen LogP contribution < -0.4 is 19.7 Å². The smallest absolute Gasteiger partial charge is 0.240 e. The Morgan fingerprint density at radius 3 is 2.45 bits per heavy atom. The van der Waals surface area contributed by atoms with Crippen LogP contribution in [-0.4, -0.2) is 54.2 Å². The number of thioether (sulfide) groups is 1. The van der Waals surface area contributed by atoms with E-state index >= 15 is 0 Å². The zero-order valence-electron chi connectivity index (χ0n) is 24.0. The van der Waals surface area contributed by atoms with E-state index in [1.54, 1.807) is 23.8 Å². The van der Waals surface area contributed by atoms with Gasteiger partial charge in [-0.05, 0) is 55.8 Å². The van der Waals surface area contributed by atoms with E-state index in [9.17, 15) is 9.59 Å². The average molecular weight is 605 g/mol. The number of fused-ring (bicyclic) bond motifs is 1. The summed E-state index contributed by atoms with van der Waals surface area (Å²) < 4.78 is 12.9. The molecule has 1 aliphatic rings. The molecule has 0 bridgehead atoms. The molecule has 10 heteroatoms. The van der Waals surface area contributed by atoms with Crippen molar-refractivity contribution in [2.24, 2.45) is 0 Å². The first-order valence-electron chi connectivity index (χ1n) is 13.7. The van der Waals surface area contributed by atoms with Crippen LogP contribution in [0, 0.1) is 0 Å². The molecule has 4 aromatic rings. The van der Waals surface area contributed by atoms with Crippen LogP contribution >= 0.6 is 23.4 Å². The maximum Gasteiger partial charge on any atom is 0.240 e. The topological polar surface area (TPSA) is 85.7 Å². The van der Waals surface area contributed by atoms with Crippen molar-refractivity contribution < 1.29 is 19.1 Å². The molecule has 0 saturated carbocycles. The summed E-state index contributed by atoms with van der Waals surface area (Å²) in [6.07, 6.45) is 0.779. The molecule has 3 aromatic carbocycles. The zero-order valence-corrected chi connectivity index (χ0v) is 25.5. The molecule has 0 aliphatic carbocycles. The number of carbonyl (C=O) groups is 2. The highest BCUT2D eigenvalue weighted by Gasteiger charge is 2.38. The fraction of sp³-hybridized carbons (Fsp3) is 0.281. The number of amides is 2. The maximum atomic E-state index is 13.9. The Kier molecular flexibility index (Phi) is 9.09. The lowest BCUT2D eigenvalue weighted by atomic mass is 9.99. The summed E-state index contributed by atoms with van der Waals surface area (Å²) in [4.78, 5) is 28.7. The van der Waals surface area contributed by atoms with Crippen molar-refractivity contribution in [1.82, 2.24) is 15.1 Å². The summed E-state index contributed by atoms with van der Waals surface area (Å²) in [6.45, 7) is 3.81. The molecule has 218 valence electrons. The number of rotatable bonds is 9. The van der Waals surface area contributed by atoms with E-state index in [2.05, 4.69) is 5.32 Å². The van der Waals surface area contributed by atoms with Gasteiger partial charge in [-0.1, -0.05) is 48.9 Å². The second-order valence-electron chi connectivity index (χ2n) is 9.99. The van der Waals surface area contributed by atoms with Crippen LogP contribution in [0.5, 0.6) is 11.5 Å². The minimum atomic E-state index is -0.319. The van der Waals surface area contributed by atoms with Crippen molar-refractivity contribution in [3.05, 3.63) is 88.9 Å². The highest BCUT2D eigenvalue weighted by molar-refractivity contribution is 8.00. The van der Waals surface area contributed by atoms with E-state index in [1.165, 1.54) is 11.8 Å². The van der Waals surface area contributed by atoms with E-state index in [1.807, 2.05) is 86.6 Å². The van der Waals surface area contributed by atoms with Gasteiger partial charge in [-0.3, -0.25) is 14.5 Å². The highest BCUT2D eigenvalue weighted by Crippen LogP contribution is 2.50. The molecule has 0 spiro atoms. The number of carbonyl (C=O) groups excluding carboxylic acids is 2. The summed E-state index contributed by atoms with van der Waals surface area (Å²) in [5.41, 5.74) is 3.96. The summed E-state index contributed by atoms with van der Waals surface area (Å²) in [5, 5.41) is 8.41. The standard InChI is InChI=1S/C32H33ClN4O4S/c1-5-20(2)34-27(38)18-36-28(39)19-42-31(25-8-6-7-9-26(25)41-4)29-30(21-10-12-22(33)13-11-21)35-37(32(29)36)23-14-16-24(40-3)17-15-23/h6-17,20,31H,5,18-19H2,1-4H3,(H,34,38). The number of benzene rings is 3. The van der Waals surface area contributed by atoms with Gasteiger partial charge >= 0.3 is 0 Å². The van der Waals surface area contributed by atoms with Gasteiger partial charge < -0.3 is 14.8 Å². The van der Waals surface area contributed by atoms with Gasteiger partial charge in [0.25, 0.3) is 0 Å². The van der Waals surface area contributed by atoms with Crippen LogP contribution in [0.3, 0.4) is 0 Å². The Morgan fingerprint density at radius 2 is 1.79 bits per heavy atom. The lowest BCUT2D eigenvalue weighted by molar-refractivity contribution is -0.123. The van der Waals surface area contributed by atoms with Crippen molar-refractivity contribution >= 4 is 41.0 Å². The first-order chi connectivity index (χ1) is 20.3. The van der Waals surface area contributed by atoms with Crippen LogP contribution in [0.15, 0.2) is 72.8 Å². The van der Waals surface area contributed by atoms with Gasteiger partial charge in [-0.25, -0.2) is 4.68 Å². The molecular weight excluding hydrogens is 572 g/mol. The zero-order chi connectivity index (χ0) is 29.8. The Balaban J connectivity index is 1.80. The molecule has 8 nitrogen and oxygen atoms in total. The molecule has 1 aliphatic heterocycles. The number of nitrogens with zero attached hydrogens (tertiary/aromatic N) is 3. The predicted octanol–water partition coefficient (Wildman–Crippen LogP) is 6.29. The average Bonchev–Trinajstić information content (AvgIpc) is 3.34. The van der Waals surface area contributed by atoms with Crippen LogP contribution in [0.2, 0.25) is 5.02 Å². The molecular formula is C32H33ClN4O4S. The predicted molar refractivity (Wildman–Crippen MR) is 168 cm³/mol. The third-order valence-corrected chi connectivity index (χ3v) is 8.76. The summed E-state index contributed by atoms with van der Waals surface area (Å²) in [5.74, 6) is 1.68. The van der Waals surface area contributed by atoms with Crippen molar-refractivity contribution in [3.8, 4) is 28.4 Å². The molecule has 0 saturated heterocycles. The normalized spacial score (nSPS) is 15.5. The van der Waals surface area contributed by atoms with Gasteiger partial charge in [-0.2, -0.15) is 5.10 Å². The van der Waals surface area contributed by atoms with E-state index in [-0.39, 0.29) is 35.4 Å². The number of ether oxygens (including phenoxy) is 2. The number of hydrogen-bond donors (Lipinski definition) is 1. The molecule has 42 heavy (non-hydrogen) atoms. The molecule has 2 unspecified atom stereocenters. The van der Waals surface area contributed by atoms with Gasteiger partial charge in [0.1, 0.15) is 23.9 Å². The lowest BCUT2D eigenvalue weighted by Crippen LogP contribution is -2.44. The highest BCUT2D eigenvalue weighted by atomic mass is 35.5. The number of nitrogens with one attached hydrogen (secondary N) is 1. The SMILES string of the molecule is CCC(C)NC(=O)CN1C(=O)CSC(c2ccccc2OC)c2c(-c3ccc(Cl)cc3)nn(-c3ccc(OC)cc3)c21. The van der Waals surface area contributed by atoms with Crippen LogP contribution in [0.4, 0.5) is 5.82 Å².